The Labute approximate surface area is 303 Å². The molecule has 0 heterocycles. The summed E-state index contributed by atoms with van der Waals surface area (Å²) in [5.74, 6) is 0. The van der Waals surface area contributed by atoms with Gasteiger partial charge in [-0.15, -0.1) is 0 Å². The van der Waals surface area contributed by atoms with E-state index in [9.17, 15) is 0 Å². The Bertz CT molecular complexity index is 1920. The molecule has 1 nitrogen and oxygen atoms in total. The summed E-state index contributed by atoms with van der Waals surface area (Å²) in [4.78, 5) is 0. The van der Waals surface area contributed by atoms with Gasteiger partial charge in [0.05, 0.1) is 0 Å². The molecule has 0 aliphatic heterocycles. The molecule has 6 rings (SSSR count). The zero-order valence-corrected chi connectivity index (χ0v) is 33.2. The Morgan fingerprint density at radius 2 is 0.780 bits per heavy atom. The van der Waals surface area contributed by atoms with E-state index < -0.39 is 0 Å². The third kappa shape index (κ3) is 6.94. The average Bonchev–Trinajstić information content (AvgIpc) is 3.24. The minimum atomic E-state index is -0.0515. The fourth-order valence-electron chi connectivity index (χ4n) is 7.30. The van der Waals surface area contributed by atoms with Crippen LogP contribution in [0.3, 0.4) is 0 Å². The predicted molar refractivity (Wildman–Crippen MR) is 219 cm³/mol. The summed E-state index contributed by atoms with van der Waals surface area (Å²) >= 11 is 0. The van der Waals surface area contributed by atoms with Crippen molar-refractivity contribution in [2.24, 2.45) is 0 Å². The fraction of sp³-hybridized carbons (Fsp3) is 0.388. The molecule has 5 aromatic carbocycles. The number of fused-ring (bicyclic) bond motifs is 3. The third-order valence-corrected chi connectivity index (χ3v) is 10.8. The molecule has 0 amide bonds. The van der Waals surface area contributed by atoms with Crippen LogP contribution in [0, 0.1) is 0 Å². The van der Waals surface area contributed by atoms with Gasteiger partial charge in [-0.05, 0) is 119 Å². The molecule has 0 saturated carbocycles. The van der Waals surface area contributed by atoms with E-state index in [-0.39, 0.29) is 27.1 Å². The predicted octanol–water partition coefficient (Wildman–Crippen LogP) is 14.3. The topological polar surface area (TPSA) is 12.0 Å². The summed E-state index contributed by atoms with van der Waals surface area (Å²) in [6.45, 7) is 32.6. The normalized spacial score (nSPS) is 14.4. The van der Waals surface area contributed by atoms with E-state index in [0.717, 1.165) is 11.4 Å². The van der Waals surface area contributed by atoms with Crippen LogP contribution in [0.25, 0.3) is 33.4 Å². The molecule has 0 fully saturated rings. The van der Waals surface area contributed by atoms with Gasteiger partial charge < -0.3 is 5.32 Å². The van der Waals surface area contributed by atoms with Crippen molar-refractivity contribution in [3.63, 3.8) is 0 Å². The first kappa shape index (κ1) is 35.7. The molecule has 0 aromatic heterocycles. The minimum absolute atomic E-state index is 0.0339. The second-order valence-electron chi connectivity index (χ2n) is 19.5. The van der Waals surface area contributed by atoms with Crippen LogP contribution < -0.4 is 5.32 Å². The highest BCUT2D eigenvalue weighted by atomic mass is 14.9. The third-order valence-electron chi connectivity index (χ3n) is 10.8. The Kier molecular flexibility index (Phi) is 8.58. The van der Waals surface area contributed by atoms with Gasteiger partial charge in [0.2, 0.25) is 0 Å². The Hall–Kier alpha value is -4.10. The molecule has 50 heavy (non-hydrogen) atoms. The Balaban J connectivity index is 1.56. The van der Waals surface area contributed by atoms with E-state index in [4.69, 9.17) is 0 Å². The van der Waals surface area contributed by atoms with Gasteiger partial charge in [-0.2, -0.15) is 0 Å². The van der Waals surface area contributed by atoms with Crippen molar-refractivity contribution in [2.45, 2.75) is 124 Å². The molecule has 1 aliphatic carbocycles. The van der Waals surface area contributed by atoms with Crippen molar-refractivity contribution in [1.29, 1.82) is 0 Å². The summed E-state index contributed by atoms with van der Waals surface area (Å²) in [5, 5.41) is 3.90. The zero-order valence-electron chi connectivity index (χ0n) is 33.2. The average molecular weight is 662 g/mol. The lowest BCUT2D eigenvalue weighted by Gasteiger charge is -2.27. The second kappa shape index (κ2) is 12.0. The van der Waals surface area contributed by atoms with E-state index in [1.54, 1.807) is 0 Å². The molecule has 5 aromatic rings. The van der Waals surface area contributed by atoms with Gasteiger partial charge >= 0.3 is 0 Å². The molecule has 0 saturated heterocycles. The van der Waals surface area contributed by atoms with Gasteiger partial charge in [-0.3, -0.25) is 0 Å². The van der Waals surface area contributed by atoms with Crippen LogP contribution >= 0.6 is 0 Å². The molecule has 260 valence electrons. The lowest BCUT2D eigenvalue weighted by atomic mass is 9.78. The second-order valence-corrected chi connectivity index (χ2v) is 19.5. The number of rotatable bonds is 4. The van der Waals surface area contributed by atoms with Gasteiger partial charge in [0.15, 0.2) is 0 Å². The van der Waals surface area contributed by atoms with Crippen LogP contribution in [0.4, 0.5) is 11.4 Å². The number of hydrogen-bond donors (Lipinski definition) is 1. The van der Waals surface area contributed by atoms with E-state index >= 15 is 0 Å². The molecule has 0 atom stereocenters. The highest BCUT2D eigenvalue weighted by Gasteiger charge is 2.35. The molecule has 1 N–H and O–H groups in total. The van der Waals surface area contributed by atoms with Gasteiger partial charge in [0.25, 0.3) is 0 Å². The molecule has 0 bridgehead atoms. The summed E-state index contributed by atoms with van der Waals surface area (Å²) in [6, 6.07) is 37.4. The van der Waals surface area contributed by atoms with Crippen molar-refractivity contribution in [2.75, 3.05) is 5.32 Å². The summed E-state index contributed by atoms with van der Waals surface area (Å²) in [5.41, 5.74) is 18.2. The van der Waals surface area contributed by atoms with Crippen LogP contribution in [-0.4, -0.2) is 0 Å². The Morgan fingerprint density at radius 1 is 0.380 bits per heavy atom. The highest BCUT2D eigenvalue weighted by molar-refractivity contribution is 5.85. The van der Waals surface area contributed by atoms with Crippen LogP contribution in [0.5, 0.6) is 0 Å². The van der Waals surface area contributed by atoms with Crippen molar-refractivity contribution in [3.8, 4) is 33.4 Å². The summed E-state index contributed by atoms with van der Waals surface area (Å²) in [6.07, 6.45) is 0. The maximum Gasteiger partial charge on any atom is 0.0396 e. The SMILES string of the molecule is CC(C)(C)c1cc(-c2cc(Nc3ccc4c(c3)C(C)(C)c3ccccc3-4)cc(-c3cc(C(C)(C)C)cc(C(C)(C)C)c3)c2)cc(C(C)(C)C)c1. The van der Waals surface area contributed by atoms with Crippen molar-refractivity contribution < 1.29 is 0 Å². The first-order valence-corrected chi connectivity index (χ1v) is 18.5. The maximum absolute atomic E-state index is 3.90. The lowest BCUT2D eigenvalue weighted by molar-refractivity contribution is 0.568. The van der Waals surface area contributed by atoms with Crippen LogP contribution in [0.15, 0.2) is 97.1 Å². The smallest absolute Gasteiger partial charge is 0.0396 e. The van der Waals surface area contributed by atoms with Crippen molar-refractivity contribution >= 4 is 11.4 Å². The van der Waals surface area contributed by atoms with Gasteiger partial charge in [0.1, 0.15) is 0 Å². The van der Waals surface area contributed by atoms with Gasteiger partial charge in [-0.1, -0.05) is 164 Å². The van der Waals surface area contributed by atoms with E-state index in [0.29, 0.717) is 0 Å². The standard InChI is InChI=1S/C49H59N/c1-45(2,3)35-22-33(23-36(28-35)46(4,5)6)31-21-32(34-24-37(47(7,8)9)29-38(25-34)48(10,11)12)27-40(26-31)50-39-19-20-42-41-17-15-16-18-43(41)49(13,14)44(42)30-39/h15-30,50H,1-14H3. The molecule has 0 radical (unpaired) electrons. The molecule has 0 unspecified atom stereocenters. The van der Waals surface area contributed by atoms with Crippen molar-refractivity contribution in [1.82, 2.24) is 0 Å². The molecule has 1 aliphatic rings. The molecular formula is C49H59N. The van der Waals surface area contributed by atoms with Crippen LogP contribution in [-0.2, 0) is 27.1 Å². The maximum atomic E-state index is 3.90. The minimum Gasteiger partial charge on any atom is -0.355 e. The molecular weight excluding hydrogens is 603 g/mol. The number of nitrogens with one attached hydrogen (secondary N) is 1. The van der Waals surface area contributed by atoms with Crippen LogP contribution in [0.1, 0.15) is 130 Å². The summed E-state index contributed by atoms with van der Waals surface area (Å²) in [7, 11) is 0. The largest absolute Gasteiger partial charge is 0.355 e. The number of anilines is 2. The summed E-state index contributed by atoms with van der Waals surface area (Å²) < 4.78 is 0. The lowest BCUT2D eigenvalue weighted by Crippen LogP contribution is -2.16. The van der Waals surface area contributed by atoms with Gasteiger partial charge in [0, 0.05) is 16.8 Å². The van der Waals surface area contributed by atoms with E-state index in [1.807, 2.05) is 0 Å². The first-order chi connectivity index (χ1) is 23.0. The van der Waals surface area contributed by atoms with E-state index in [1.165, 1.54) is 66.8 Å². The van der Waals surface area contributed by atoms with Gasteiger partial charge in [-0.25, -0.2) is 0 Å². The zero-order chi connectivity index (χ0) is 36.6. The van der Waals surface area contributed by atoms with Crippen LogP contribution in [0.2, 0.25) is 0 Å². The fourth-order valence-corrected chi connectivity index (χ4v) is 7.30. The molecule has 1 heteroatoms. The first-order valence-electron chi connectivity index (χ1n) is 18.5. The highest BCUT2D eigenvalue weighted by Crippen LogP contribution is 2.49. The van der Waals surface area contributed by atoms with Crippen molar-refractivity contribution in [3.05, 3.63) is 130 Å². The number of benzene rings is 5. The van der Waals surface area contributed by atoms with E-state index in [2.05, 4.69) is 199 Å². The Morgan fingerprint density at radius 3 is 1.22 bits per heavy atom. The molecule has 0 spiro atoms. The quantitative estimate of drug-likeness (QED) is 0.202. The monoisotopic (exact) mass is 661 g/mol. The number of hydrogen-bond acceptors (Lipinski definition) is 1.